The van der Waals surface area contributed by atoms with Crippen molar-refractivity contribution < 1.29 is 9.59 Å². The zero-order chi connectivity index (χ0) is 18.7. The smallest absolute Gasteiger partial charge is 0.229 e. The summed E-state index contributed by atoms with van der Waals surface area (Å²) in [6.45, 7) is 2.49. The maximum atomic E-state index is 12.8. The van der Waals surface area contributed by atoms with E-state index in [4.69, 9.17) is 0 Å². The Morgan fingerprint density at radius 2 is 1.85 bits per heavy atom. The second kappa shape index (κ2) is 7.60. The van der Waals surface area contributed by atoms with Crippen LogP contribution >= 0.6 is 0 Å². The summed E-state index contributed by atoms with van der Waals surface area (Å²) in [5.41, 5.74) is 3.75. The molecule has 0 bridgehead atoms. The van der Waals surface area contributed by atoms with Crippen LogP contribution in [0.5, 0.6) is 0 Å². The number of nitrogens with zero attached hydrogens (tertiary/aromatic N) is 2. The third-order valence-electron chi connectivity index (χ3n) is 4.80. The fourth-order valence-electron chi connectivity index (χ4n) is 3.39. The van der Waals surface area contributed by atoms with E-state index in [1.165, 1.54) is 0 Å². The third kappa shape index (κ3) is 3.57. The summed E-state index contributed by atoms with van der Waals surface area (Å²) in [7, 11) is 3.88. The third-order valence-corrected chi connectivity index (χ3v) is 4.80. The average molecular weight is 351 g/mol. The van der Waals surface area contributed by atoms with Gasteiger partial charge in [0.05, 0.1) is 17.3 Å². The fourth-order valence-corrected chi connectivity index (χ4v) is 3.39. The van der Waals surface area contributed by atoms with E-state index >= 15 is 0 Å². The standard InChI is InChI=1S/C21H25N3O2/c1-4-15-9-5-7-11-18(15)24-14-16(13-20(24)25)21(26)22-17-10-6-8-12-19(17)23(2)3/h5-12,16H,4,13-14H2,1-3H3,(H,22,26). The minimum atomic E-state index is -0.345. The summed E-state index contributed by atoms with van der Waals surface area (Å²) in [4.78, 5) is 29.0. The average Bonchev–Trinajstić information content (AvgIpc) is 3.03. The van der Waals surface area contributed by atoms with Crippen molar-refractivity contribution in [1.82, 2.24) is 0 Å². The topological polar surface area (TPSA) is 52.7 Å². The van der Waals surface area contributed by atoms with E-state index in [1.54, 1.807) is 4.90 Å². The van der Waals surface area contributed by atoms with Crippen LogP contribution in [-0.2, 0) is 16.0 Å². The first-order valence-electron chi connectivity index (χ1n) is 8.96. The number of hydrogen-bond donors (Lipinski definition) is 1. The number of hydrogen-bond acceptors (Lipinski definition) is 3. The molecule has 1 aliphatic rings. The highest BCUT2D eigenvalue weighted by molar-refractivity contribution is 6.04. The van der Waals surface area contributed by atoms with Gasteiger partial charge in [-0.25, -0.2) is 0 Å². The Kier molecular flexibility index (Phi) is 5.26. The number of carbonyl (C=O) groups excluding carboxylic acids is 2. The van der Waals surface area contributed by atoms with E-state index in [0.29, 0.717) is 6.54 Å². The van der Waals surface area contributed by atoms with E-state index in [0.717, 1.165) is 29.0 Å². The number of amides is 2. The zero-order valence-electron chi connectivity index (χ0n) is 15.5. The normalized spacial score (nSPS) is 16.7. The van der Waals surface area contributed by atoms with Crippen molar-refractivity contribution in [1.29, 1.82) is 0 Å². The van der Waals surface area contributed by atoms with Crippen LogP contribution in [0.4, 0.5) is 17.1 Å². The van der Waals surface area contributed by atoms with Crippen LogP contribution in [0.2, 0.25) is 0 Å². The molecule has 0 saturated carbocycles. The van der Waals surface area contributed by atoms with Gasteiger partial charge in [-0.2, -0.15) is 0 Å². The van der Waals surface area contributed by atoms with Crippen LogP contribution in [0, 0.1) is 5.92 Å². The summed E-state index contributed by atoms with van der Waals surface area (Å²) < 4.78 is 0. The molecule has 1 N–H and O–H groups in total. The summed E-state index contributed by atoms with van der Waals surface area (Å²) in [6.07, 6.45) is 1.10. The second-order valence-electron chi connectivity index (χ2n) is 6.79. The van der Waals surface area contributed by atoms with Gasteiger partial charge in [0.1, 0.15) is 0 Å². The van der Waals surface area contributed by atoms with Crippen LogP contribution < -0.4 is 15.1 Å². The molecule has 0 spiro atoms. The van der Waals surface area contributed by atoms with Crippen LogP contribution in [-0.4, -0.2) is 32.5 Å². The SMILES string of the molecule is CCc1ccccc1N1CC(C(=O)Nc2ccccc2N(C)C)CC1=O. The predicted octanol–water partition coefficient (Wildman–Crippen LogP) is 3.31. The summed E-state index contributed by atoms with van der Waals surface area (Å²) in [5.74, 6) is -0.446. The van der Waals surface area contributed by atoms with E-state index in [9.17, 15) is 9.59 Å². The molecular weight excluding hydrogens is 326 g/mol. The number of carbonyl (C=O) groups is 2. The van der Waals surface area contributed by atoms with Gasteiger partial charge in [-0.3, -0.25) is 9.59 Å². The first kappa shape index (κ1) is 18.0. The fraction of sp³-hybridized carbons (Fsp3) is 0.333. The Bertz CT molecular complexity index is 816. The molecule has 1 fully saturated rings. The monoisotopic (exact) mass is 351 g/mol. The van der Waals surface area contributed by atoms with Gasteiger partial charge in [-0.15, -0.1) is 0 Å². The number of nitrogens with one attached hydrogen (secondary N) is 1. The number of aryl methyl sites for hydroxylation is 1. The molecule has 2 aromatic rings. The van der Waals surface area contributed by atoms with Crippen molar-refractivity contribution in [3.63, 3.8) is 0 Å². The van der Waals surface area contributed by atoms with E-state index in [-0.39, 0.29) is 24.2 Å². The highest BCUT2D eigenvalue weighted by Crippen LogP contribution is 2.30. The van der Waals surface area contributed by atoms with Gasteiger partial charge in [0.25, 0.3) is 0 Å². The van der Waals surface area contributed by atoms with Gasteiger partial charge in [-0.05, 0) is 30.2 Å². The second-order valence-corrected chi connectivity index (χ2v) is 6.79. The quantitative estimate of drug-likeness (QED) is 0.899. The van der Waals surface area contributed by atoms with Gasteiger partial charge >= 0.3 is 0 Å². The Hall–Kier alpha value is -2.82. The molecule has 2 amide bonds. The molecule has 1 heterocycles. The predicted molar refractivity (Wildman–Crippen MR) is 106 cm³/mol. The van der Waals surface area contributed by atoms with Crippen molar-refractivity contribution in [2.45, 2.75) is 19.8 Å². The van der Waals surface area contributed by atoms with Crippen molar-refractivity contribution >= 4 is 28.9 Å². The Labute approximate surface area is 154 Å². The van der Waals surface area contributed by atoms with E-state index in [2.05, 4.69) is 12.2 Å². The van der Waals surface area contributed by atoms with Gasteiger partial charge in [0.15, 0.2) is 0 Å². The van der Waals surface area contributed by atoms with Crippen LogP contribution in [0.3, 0.4) is 0 Å². The zero-order valence-corrected chi connectivity index (χ0v) is 15.5. The van der Waals surface area contributed by atoms with Crippen LogP contribution in [0.25, 0.3) is 0 Å². The highest BCUT2D eigenvalue weighted by atomic mass is 16.2. The van der Waals surface area contributed by atoms with Crippen molar-refractivity contribution in [2.75, 3.05) is 35.8 Å². The maximum absolute atomic E-state index is 12.8. The number of rotatable bonds is 5. The lowest BCUT2D eigenvalue weighted by Gasteiger charge is -2.21. The molecule has 1 atom stereocenters. The van der Waals surface area contributed by atoms with Gasteiger partial charge < -0.3 is 15.1 Å². The number of para-hydroxylation sites is 3. The number of benzene rings is 2. The Balaban J connectivity index is 1.76. The molecular formula is C21H25N3O2. The molecule has 26 heavy (non-hydrogen) atoms. The van der Waals surface area contributed by atoms with Gasteiger partial charge in [0.2, 0.25) is 11.8 Å². The minimum absolute atomic E-state index is 0.00643. The molecule has 1 saturated heterocycles. The summed E-state index contributed by atoms with van der Waals surface area (Å²) in [5, 5.41) is 3.00. The lowest BCUT2D eigenvalue weighted by Crippen LogP contribution is -2.29. The van der Waals surface area contributed by atoms with Gasteiger partial charge in [-0.1, -0.05) is 37.3 Å². The molecule has 5 heteroatoms. The van der Waals surface area contributed by atoms with E-state index in [1.807, 2.05) is 67.5 Å². The number of anilines is 3. The molecule has 136 valence electrons. The Morgan fingerprint density at radius 3 is 2.58 bits per heavy atom. The molecule has 0 aliphatic carbocycles. The molecule has 1 aliphatic heterocycles. The van der Waals surface area contributed by atoms with Crippen LogP contribution in [0.1, 0.15) is 18.9 Å². The largest absolute Gasteiger partial charge is 0.376 e. The maximum Gasteiger partial charge on any atom is 0.229 e. The molecule has 0 aromatic heterocycles. The van der Waals surface area contributed by atoms with Gasteiger partial charge in [0, 0.05) is 32.7 Å². The van der Waals surface area contributed by atoms with Crippen molar-refractivity contribution in [3.8, 4) is 0 Å². The van der Waals surface area contributed by atoms with Crippen molar-refractivity contribution in [3.05, 3.63) is 54.1 Å². The molecule has 1 unspecified atom stereocenters. The summed E-state index contributed by atoms with van der Waals surface area (Å²) in [6, 6.07) is 15.6. The van der Waals surface area contributed by atoms with Crippen molar-refractivity contribution in [2.24, 2.45) is 5.92 Å². The molecule has 0 radical (unpaired) electrons. The summed E-state index contributed by atoms with van der Waals surface area (Å²) >= 11 is 0. The Morgan fingerprint density at radius 1 is 1.15 bits per heavy atom. The highest BCUT2D eigenvalue weighted by Gasteiger charge is 2.36. The minimum Gasteiger partial charge on any atom is -0.376 e. The van der Waals surface area contributed by atoms with E-state index < -0.39 is 0 Å². The molecule has 3 rings (SSSR count). The first-order chi connectivity index (χ1) is 12.5. The lowest BCUT2D eigenvalue weighted by atomic mass is 10.1. The lowest BCUT2D eigenvalue weighted by molar-refractivity contribution is -0.122. The first-order valence-corrected chi connectivity index (χ1v) is 8.96. The molecule has 5 nitrogen and oxygen atoms in total. The van der Waals surface area contributed by atoms with Crippen LogP contribution in [0.15, 0.2) is 48.5 Å². The molecule has 2 aromatic carbocycles.